The van der Waals surface area contributed by atoms with Crippen LogP contribution in [0.5, 0.6) is 0 Å². The van der Waals surface area contributed by atoms with Gasteiger partial charge in [0.25, 0.3) is 0 Å². The zero-order valence-electron chi connectivity index (χ0n) is 11.9. The molecule has 1 aliphatic heterocycles. The molecule has 4 heteroatoms. The Bertz CT molecular complexity index is 551. The Morgan fingerprint density at radius 2 is 2.05 bits per heavy atom. The van der Waals surface area contributed by atoms with Crippen LogP contribution in [0.15, 0.2) is 18.2 Å². The van der Waals surface area contributed by atoms with Gasteiger partial charge in [-0.2, -0.15) is 0 Å². The van der Waals surface area contributed by atoms with E-state index in [1.54, 1.807) is 0 Å². The Labute approximate surface area is 116 Å². The minimum atomic E-state index is -2.77. The smallest absolute Gasteiger partial charge is 0.150 e. The summed E-state index contributed by atoms with van der Waals surface area (Å²) in [5.41, 5.74) is 3.84. The standard InChI is InChI=1S/C15H23NO2S/c1-11-4-5-14(8-12(11)2)15(16-3)9-13-6-7-19(17,18)10-13/h4-5,8,13,15-16H,6-7,9-10H2,1-3H3. The first-order chi connectivity index (χ1) is 8.91. The monoisotopic (exact) mass is 281 g/mol. The Balaban J connectivity index is 2.10. The van der Waals surface area contributed by atoms with Crippen molar-refractivity contribution in [3.63, 3.8) is 0 Å². The molecule has 1 aromatic rings. The van der Waals surface area contributed by atoms with Crippen molar-refractivity contribution in [2.24, 2.45) is 5.92 Å². The molecule has 2 atom stereocenters. The van der Waals surface area contributed by atoms with Crippen molar-refractivity contribution in [3.05, 3.63) is 34.9 Å². The number of nitrogens with one attached hydrogen (secondary N) is 1. The van der Waals surface area contributed by atoms with Crippen LogP contribution in [0.25, 0.3) is 0 Å². The minimum Gasteiger partial charge on any atom is -0.313 e. The summed E-state index contributed by atoms with van der Waals surface area (Å²) in [7, 11) is -0.826. The molecule has 0 radical (unpaired) electrons. The molecular formula is C15H23NO2S. The molecule has 0 bridgehead atoms. The second kappa shape index (κ2) is 5.63. The zero-order chi connectivity index (χ0) is 14.0. The van der Waals surface area contributed by atoms with Crippen molar-refractivity contribution in [2.45, 2.75) is 32.7 Å². The summed E-state index contributed by atoms with van der Waals surface area (Å²) in [6.45, 7) is 4.22. The van der Waals surface area contributed by atoms with Crippen LogP contribution in [0.4, 0.5) is 0 Å². The van der Waals surface area contributed by atoms with Gasteiger partial charge in [0.05, 0.1) is 11.5 Å². The molecule has 1 fully saturated rings. The maximum Gasteiger partial charge on any atom is 0.150 e. The van der Waals surface area contributed by atoms with E-state index in [0.717, 1.165) is 12.8 Å². The van der Waals surface area contributed by atoms with E-state index in [1.165, 1.54) is 16.7 Å². The van der Waals surface area contributed by atoms with Gasteiger partial charge in [-0.05, 0) is 56.3 Å². The topological polar surface area (TPSA) is 46.2 Å². The first-order valence-corrected chi connectivity index (χ1v) is 8.68. The van der Waals surface area contributed by atoms with Crippen molar-refractivity contribution < 1.29 is 8.42 Å². The third-order valence-electron chi connectivity index (χ3n) is 4.18. The molecular weight excluding hydrogens is 258 g/mol. The van der Waals surface area contributed by atoms with Gasteiger partial charge in [-0.3, -0.25) is 0 Å². The van der Waals surface area contributed by atoms with E-state index in [2.05, 4.69) is 37.4 Å². The lowest BCUT2D eigenvalue weighted by molar-refractivity contribution is 0.437. The number of aryl methyl sites for hydroxylation is 2. The van der Waals surface area contributed by atoms with Gasteiger partial charge in [0, 0.05) is 6.04 Å². The highest BCUT2D eigenvalue weighted by Gasteiger charge is 2.29. The molecule has 0 saturated carbocycles. The molecule has 1 heterocycles. The van der Waals surface area contributed by atoms with Gasteiger partial charge >= 0.3 is 0 Å². The number of hydrogen-bond donors (Lipinski definition) is 1. The molecule has 0 aromatic heterocycles. The van der Waals surface area contributed by atoms with E-state index < -0.39 is 9.84 Å². The van der Waals surface area contributed by atoms with Gasteiger partial charge in [0.15, 0.2) is 9.84 Å². The fourth-order valence-electron chi connectivity index (χ4n) is 2.79. The highest BCUT2D eigenvalue weighted by atomic mass is 32.2. The largest absolute Gasteiger partial charge is 0.313 e. The summed E-state index contributed by atoms with van der Waals surface area (Å²) >= 11 is 0. The Morgan fingerprint density at radius 3 is 2.58 bits per heavy atom. The molecule has 19 heavy (non-hydrogen) atoms. The molecule has 106 valence electrons. The van der Waals surface area contributed by atoms with Crippen LogP contribution in [0, 0.1) is 19.8 Å². The molecule has 1 aliphatic rings. The maximum absolute atomic E-state index is 11.5. The second-order valence-electron chi connectivity index (χ2n) is 5.69. The van der Waals surface area contributed by atoms with E-state index in [9.17, 15) is 8.42 Å². The first kappa shape index (κ1) is 14.5. The molecule has 2 unspecified atom stereocenters. The minimum absolute atomic E-state index is 0.248. The molecule has 0 aliphatic carbocycles. The Kier molecular flexibility index (Phi) is 4.31. The number of benzene rings is 1. The molecule has 1 aromatic carbocycles. The lowest BCUT2D eigenvalue weighted by Gasteiger charge is -2.20. The average molecular weight is 281 g/mol. The van der Waals surface area contributed by atoms with E-state index in [1.807, 2.05) is 7.05 Å². The molecule has 1 N–H and O–H groups in total. The summed E-state index contributed by atoms with van der Waals surface area (Å²) < 4.78 is 23.1. The van der Waals surface area contributed by atoms with Crippen LogP contribution in [-0.2, 0) is 9.84 Å². The zero-order valence-corrected chi connectivity index (χ0v) is 12.8. The average Bonchev–Trinajstić information content (AvgIpc) is 2.69. The second-order valence-corrected chi connectivity index (χ2v) is 7.92. The summed E-state index contributed by atoms with van der Waals surface area (Å²) in [6, 6.07) is 6.74. The van der Waals surface area contributed by atoms with Crippen LogP contribution in [0.1, 0.15) is 35.6 Å². The fraction of sp³-hybridized carbons (Fsp3) is 0.600. The fourth-order valence-corrected chi connectivity index (χ4v) is 4.67. The van der Waals surface area contributed by atoms with E-state index in [0.29, 0.717) is 17.4 Å². The molecule has 2 rings (SSSR count). The number of rotatable bonds is 4. The van der Waals surface area contributed by atoms with E-state index in [-0.39, 0.29) is 6.04 Å². The highest BCUT2D eigenvalue weighted by molar-refractivity contribution is 7.91. The van der Waals surface area contributed by atoms with Gasteiger partial charge < -0.3 is 5.32 Å². The third kappa shape index (κ3) is 3.57. The van der Waals surface area contributed by atoms with Gasteiger partial charge in [-0.1, -0.05) is 18.2 Å². The molecule has 0 spiro atoms. The molecule has 0 amide bonds. The lowest BCUT2D eigenvalue weighted by atomic mass is 9.92. The number of sulfone groups is 1. The van der Waals surface area contributed by atoms with E-state index in [4.69, 9.17) is 0 Å². The van der Waals surface area contributed by atoms with Crippen LogP contribution in [-0.4, -0.2) is 27.0 Å². The van der Waals surface area contributed by atoms with Gasteiger partial charge in [-0.15, -0.1) is 0 Å². The van der Waals surface area contributed by atoms with Crippen LogP contribution >= 0.6 is 0 Å². The molecule has 1 saturated heterocycles. The summed E-state index contributed by atoms with van der Waals surface area (Å²) in [4.78, 5) is 0. The maximum atomic E-state index is 11.5. The SMILES string of the molecule is CNC(CC1CCS(=O)(=O)C1)c1ccc(C)c(C)c1. The lowest BCUT2D eigenvalue weighted by Crippen LogP contribution is -2.20. The van der Waals surface area contributed by atoms with Gasteiger partial charge in [-0.25, -0.2) is 8.42 Å². The van der Waals surface area contributed by atoms with Crippen molar-refractivity contribution >= 4 is 9.84 Å². The highest BCUT2D eigenvalue weighted by Crippen LogP contribution is 2.29. The summed E-state index contributed by atoms with van der Waals surface area (Å²) in [5.74, 6) is 1.01. The van der Waals surface area contributed by atoms with Crippen LogP contribution in [0.2, 0.25) is 0 Å². The first-order valence-electron chi connectivity index (χ1n) is 6.86. The summed E-state index contributed by atoms with van der Waals surface area (Å²) in [6.07, 6.45) is 1.71. The quantitative estimate of drug-likeness (QED) is 0.921. The van der Waals surface area contributed by atoms with Crippen molar-refractivity contribution in [3.8, 4) is 0 Å². The molecule has 3 nitrogen and oxygen atoms in total. The van der Waals surface area contributed by atoms with Gasteiger partial charge in [0.2, 0.25) is 0 Å². The normalized spacial score (nSPS) is 23.4. The van der Waals surface area contributed by atoms with Gasteiger partial charge in [0.1, 0.15) is 0 Å². The van der Waals surface area contributed by atoms with E-state index >= 15 is 0 Å². The van der Waals surface area contributed by atoms with Crippen molar-refractivity contribution in [2.75, 3.05) is 18.6 Å². The predicted octanol–water partition coefficient (Wildman–Crippen LogP) is 2.39. The third-order valence-corrected chi connectivity index (χ3v) is 6.01. The Hall–Kier alpha value is -0.870. The Morgan fingerprint density at radius 1 is 1.32 bits per heavy atom. The van der Waals surface area contributed by atoms with Crippen LogP contribution in [0.3, 0.4) is 0 Å². The van der Waals surface area contributed by atoms with Crippen molar-refractivity contribution in [1.82, 2.24) is 5.32 Å². The summed E-state index contributed by atoms with van der Waals surface area (Å²) in [5, 5.41) is 3.32. The van der Waals surface area contributed by atoms with Crippen molar-refractivity contribution in [1.29, 1.82) is 0 Å². The predicted molar refractivity (Wildman–Crippen MR) is 79.1 cm³/mol. The number of hydrogen-bond acceptors (Lipinski definition) is 3. The van der Waals surface area contributed by atoms with Crippen LogP contribution < -0.4 is 5.32 Å².